The number of carbonyl (C=O) groups is 4. The number of ether oxygens (including phenoxy) is 1. The number of carboxylic acid groups (broad SMARTS) is 1. The van der Waals surface area contributed by atoms with Gasteiger partial charge in [-0.1, -0.05) is 20.3 Å². The largest absolute Gasteiger partial charge is 0.481 e. The number of nitrogens with one attached hydrogen (secondary N) is 1. The molecule has 3 unspecified atom stereocenters. The average molecular weight is 399 g/mol. The van der Waals surface area contributed by atoms with Gasteiger partial charge in [-0.3, -0.25) is 14.4 Å². The minimum atomic E-state index is -1.55. The lowest BCUT2D eigenvalue weighted by molar-refractivity contribution is -0.164. The fourth-order valence-corrected chi connectivity index (χ4v) is 3.56. The molecule has 1 aliphatic rings. The van der Waals surface area contributed by atoms with Crippen molar-refractivity contribution in [3.05, 3.63) is 0 Å². The molecule has 9 heteroatoms. The van der Waals surface area contributed by atoms with Gasteiger partial charge in [0, 0.05) is 13.1 Å². The highest BCUT2D eigenvalue weighted by molar-refractivity contribution is 6.05. The van der Waals surface area contributed by atoms with Crippen LogP contribution in [0.5, 0.6) is 0 Å². The molecule has 0 aromatic rings. The molecule has 0 spiro atoms. The van der Waals surface area contributed by atoms with E-state index < -0.39 is 42.3 Å². The van der Waals surface area contributed by atoms with E-state index in [1.807, 2.05) is 13.8 Å². The number of likely N-dealkylation sites (N-methyl/N-ethyl adjacent to an activating group) is 1. The van der Waals surface area contributed by atoms with E-state index in [0.717, 1.165) is 19.3 Å². The van der Waals surface area contributed by atoms with Gasteiger partial charge < -0.3 is 25.8 Å². The van der Waals surface area contributed by atoms with Gasteiger partial charge in [-0.25, -0.2) is 4.79 Å². The van der Waals surface area contributed by atoms with E-state index in [0.29, 0.717) is 13.1 Å². The second kappa shape index (κ2) is 11.0. The van der Waals surface area contributed by atoms with Crippen LogP contribution in [0.4, 0.5) is 0 Å². The summed E-state index contributed by atoms with van der Waals surface area (Å²) in [6, 6.07) is -2.92. The minimum Gasteiger partial charge on any atom is -0.481 e. The second-order valence-corrected chi connectivity index (χ2v) is 7.44. The summed E-state index contributed by atoms with van der Waals surface area (Å²) in [6.07, 6.45) is 1.96. The molecule has 160 valence electrons. The summed E-state index contributed by atoms with van der Waals surface area (Å²) < 4.78 is 5.64. The Morgan fingerprint density at radius 2 is 1.68 bits per heavy atom. The topological polar surface area (TPSA) is 139 Å². The average Bonchev–Trinajstić information content (AvgIpc) is 2.62. The summed E-state index contributed by atoms with van der Waals surface area (Å²) in [5.74, 6) is -3.25. The maximum Gasteiger partial charge on any atom is 0.338 e. The van der Waals surface area contributed by atoms with E-state index in [-0.39, 0.29) is 17.9 Å². The first-order chi connectivity index (χ1) is 13.1. The molecular formula is C19H33N3O6. The third kappa shape index (κ3) is 6.47. The fraction of sp³-hybridized carbons (Fsp3) is 0.789. The van der Waals surface area contributed by atoms with Crippen molar-refractivity contribution in [1.29, 1.82) is 0 Å². The smallest absolute Gasteiger partial charge is 0.338 e. The van der Waals surface area contributed by atoms with Crippen molar-refractivity contribution in [1.82, 2.24) is 10.2 Å². The van der Waals surface area contributed by atoms with Crippen LogP contribution in [-0.2, 0) is 23.9 Å². The quantitative estimate of drug-likeness (QED) is 0.379. The van der Waals surface area contributed by atoms with Crippen LogP contribution in [0.2, 0.25) is 0 Å². The summed E-state index contributed by atoms with van der Waals surface area (Å²) in [5.41, 5.74) is 5.57. The Labute approximate surface area is 166 Å². The first kappa shape index (κ1) is 23.9. The molecule has 1 fully saturated rings. The van der Waals surface area contributed by atoms with Crippen molar-refractivity contribution in [2.24, 2.45) is 17.6 Å². The van der Waals surface area contributed by atoms with E-state index in [2.05, 4.69) is 5.32 Å². The highest BCUT2D eigenvalue weighted by Crippen LogP contribution is 2.31. The molecule has 4 atom stereocenters. The number of hydrogen-bond donors (Lipinski definition) is 3. The molecule has 0 radical (unpaired) electrons. The minimum absolute atomic E-state index is 0.155. The number of hydrogen-bond acceptors (Lipinski definition) is 6. The number of amides is 2. The van der Waals surface area contributed by atoms with Crippen LogP contribution in [0.15, 0.2) is 0 Å². The second-order valence-electron chi connectivity index (χ2n) is 7.44. The van der Waals surface area contributed by atoms with Crippen molar-refractivity contribution >= 4 is 23.8 Å². The fourth-order valence-electron chi connectivity index (χ4n) is 3.56. The van der Waals surface area contributed by atoms with E-state index in [9.17, 15) is 19.2 Å². The van der Waals surface area contributed by atoms with Crippen molar-refractivity contribution in [2.45, 2.75) is 71.6 Å². The predicted octanol–water partition coefficient (Wildman–Crippen LogP) is 0.510. The Kier molecular flexibility index (Phi) is 9.37. The molecule has 2 amide bonds. The molecule has 0 aliphatic heterocycles. The lowest BCUT2D eigenvalue weighted by Gasteiger charge is -2.35. The molecule has 9 nitrogen and oxygen atoms in total. The summed E-state index contributed by atoms with van der Waals surface area (Å²) in [5, 5.41) is 11.1. The van der Waals surface area contributed by atoms with Gasteiger partial charge in [0.15, 0.2) is 0 Å². The van der Waals surface area contributed by atoms with Gasteiger partial charge in [0.2, 0.25) is 11.9 Å². The Balaban J connectivity index is 2.98. The molecule has 0 heterocycles. The van der Waals surface area contributed by atoms with Crippen LogP contribution in [0.25, 0.3) is 0 Å². The Hall–Kier alpha value is -2.16. The highest BCUT2D eigenvalue weighted by atomic mass is 16.5. The lowest BCUT2D eigenvalue weighted by Crippen LogP contribution is -2.57. The van der Waals surface area contributed by atoms with Gasteiger partial charge in [-0.2, -0.15) is 0 Å². The Bertz CT molecular complexity index is 568. The number of aliphatic carboxylic acids is 1. The van der Waals surface area contributed by atoms with Gasteiger partial charge in [0.25, 0.3) is 5.91 Å². The number of esters is 1. The molecule has 4 N–H and O–H groups in total. The molecule has 28 heavy (non-hydrogen) atoms. The first-order valence-electron chi connectivity index (χ1n) is 9.89. The van der Waals surface area contributed by atoms with Gasteiger partial charge in [-0.15, -0.1) is 0 Å². The lowest BCUT2D eigenvalue weighted by atomic mass is 9.80. The van der Waals surface area contributed by atoms with E-state index in [1.54, 1.807) is 13.8 Å². The molecule has 0 saturated heterocycles. The predicted molar refractivity (Wildman–Crippen MR) is 102 cm³/mol. The molecule has 0 aromatic heterocycles. The van der Waals surface area contributed by atoms with Crippen LogP contribution in [-0.4, -0.2) is 65.0 Å². The maximum absolute atomic E-state index is 12.8. The van der Waals surface area contributed by atoms with Gasteiger partial charge in [-0.05, 0) is 38.5 Å². The van der Waals surface area contributed by atoms with Gasteiger partial charge in [0.05, 0.1) is 12.5 Å². The zero-order valence-corrected chi connectivity index (χ0v) is 17.1. The van der Waals surface area contributed by atoms with Crippen LogP contribution < -0.4 is 11.1 Å². The van der Waals surface area contributed by atoms with E-state index >= 15 is 0 Å². The van der Waals surface area contributed by atoms with E-state index in [4.69, 9.17) is 15.6 Å². The number of carbonyl (C=O) groups excluding carboxylic acids is 3. The summed E-state index contributed by atoms with van der Waals surface area (Å²) in [4.78, 5) is 50.0. The first-order valence-corrected chi connectivity index (χ1v) is 9.89. The van der Waals surface area contributed by atoms with Crippen LogP contribution in [0.3, 0.4) is 0 Å². The number of nitrogens with zero attached hydrogens (tertiary/aromatic N) is 1. The highest BCUT2D eigenvalue weighted by Gasteiger charge is 2.38. The molecule has 0 aromatic carbocycles. The zero-order chi connectivity index (χ0) is 21.4. The standard InChI is InChI=1S/C19H33N3O6/c1-5-22(6-2)18(26)15(21-17(25)13(20)10-14(23)24)19(27)28-16-11(3)8-7-9-12(16)4/h11-13,15-16H,5-10,20H2,1-4H3,(H,21,25)(H,23,24)/t11?,12?,13-,15?,16?/m0/s1. The summed E-state index contributed by atoms with van der Waals surface area (Å²) in [7, 11) is 0. The molecule has 1 rings (SSSR count). The third-order valence-corrected chi connectivity index (χ3v) is 5.27. The zero-order valence-electron chi connectivity index (χ0n) is 17.1. The van der Waals surface area contributed by atoms with E-state index in [1.165, 1.54) is 4.90 Å². The number of nitrogens with two attached hydrogens (primary N) is 1. The SMILES string of the molecule is CCN(CC)C(=O)C(NC(=O)[C@@H](N)CC(=O)O)C(=O)OC1C(C)CCCC1C. The van der Waals surface area contributed by atoms with Crippen LogP contribution >= 0.6 is 0 Å². The summed E-state index contributed by atoms with van der Waals surface area (Å²) >= 11 is 0. The van der Waals surface area contributed by atoms with Crippen molar-refractivity contribution in [3.8, 4) is 0 Å². The molecule has 0 bridgehead atoms. The Morgan fingerprint density at radius 3 is 2.14 bits per heavy atom. The van der Waals surface area contributed by atoms with Crippen LogP contribution in [0.1, 0.15) is 53.4 Å². The monoisotopic (exact) mass is 399 g/mol. The van der Waals surface area contributed by atoms with Crippen molar-refractivity contribution < 1.29 is 29.0 Å². The number of rotatable bonds is 9. The molecular weight excluding hydrogens is 366 g/mol. The number of carboxylic acids is 1. The normalized spacial score (nSPS) is 24.0. The Morgan fingerprint density at radius 1 is 1.14 bits per heavy atom. The van der Waals surface area contributed by atoms with Crippen molar-refractivity contribution in [3.63, 3.8) is 0 Å². The molecule has 1 aliphatic carbocycles. The molecule has 1 saturated carbocycles. The van der Waals surface area contributed by atoms with Gasteiger partial charge >= 0.3 is 11.9 Å². The third-order valence-electron chi connectivity index (χ3n) is 5.27. The van der Waals surface area contributed by atoms with Crippen molar-refractivity contribution in [2.75, 3.05) is 13.1 Å². The van der Waals surface area contributed by atoms with Gasteiger partial charge in [0.1, 0.15) is 6.10 Å². The van der Waals surface area contributed by atoms with Crippen LogP contribution in [0, 0.1) is 11.8 Å². The maximum atomic E-state index is 12.8. The summed E-state index contributed by atoms with van der Waals surface area (Å²) in [6.45, 7) is 8.21.